The van der Waals surface area contributed by atoms with E-state index in [-0.39, 0.29) is 0 Å². The van der Waals surface area contributed by atoms with Gasteiger partial charge in [-0.2, -0.15) is 0 Å². The molecule has 118 valence electrons. The molecule has 0 amide bonds. The molecule has 0 bridgehead atoms. The van der Waals surface area contributed by atoms with Crippen molar-refractivity contribution in [2.24, 2.45) is 0 Å². The van der Waals surface area contributed by atoms with Crippen molar-refractivity contribution in [2.75, 3.05) is 0 Å². The quantitative estimate of drug-likeness (QED) is 0.357. The van der Waals surface area contributed by atoms with Crippen molar-refractivity contribution in [3.63, 3.8) is 0 Å². The van der Waals surface area contributed by atoms with Crippen molar-refractivity contribution >= 4 is 44.1 Å². The van der Waals surface area contributed by atoms with E-state index in [4.69, 9.17) is 8.83 Å². The average molecular weight is 323 g/mol. The fourth-order valence-corrected chi connectivity index (χ4v) is 3.76. The predicted octanol–water partition coefficient (Wildman–Crippen LogP) is 6.28. The number of rotatable bonds is 1. The van der Waals surface area contributed by atoms with Gasteiger partial charge in [0, 0.05) is 16.5 Å². The van der Waals surface area contributed by atoms with Gasteiger partial charge in [0.1, 0.15) is 22.2 Å². The summed E-state index contributed by atoms with van der Waals surface area (Å²) in [5, 5.41) is 2.19. The molecule has 0 radical (unpaired) electrons. The van der Waals surface area contributed by atoms with Gasteiger partial charge in [0.15, 0.2) is 11.2 Å². The average Bonchev–Trinajstić information content (AvgIpc) is 3.30. The number of aromatic nitrogens is 1. The molecule has 3 nitrogen and oxygen atoms in total. The molecule has 0 aliphatic heterocycles. The summed E-state index contributed by atoms with van der Waals surface area (Å²) >= 11 is 0. The topological polar surface area (TPSA) is 31.2 Å². The second kappa shape index (κ2) is 4.54. The summed E-state index contributed by atoms with van der Waals surface area (Å²) in [5.74, 6) is 0. The zero-order valence-electron chi connectivity index (χ0n) is 13.3. The van der Waals surface area contributed by atoms with Crippen LogP contribution >= 0.6 is 0 Å². The van der Waals surface area contributed by atoms with E-state index in [1.807, 2.05) is 42.5 Å². The first-order valence-electron chi connectivity index (χ1n) is 8.30. The Labute approximate surface area is 142 Å². The Morgan fingerprint density at radius 1 is 0.520 bits per heavy atom. The molecular weight excluding hydrogens is 310 g/mol. The smallest absolute Gasteiger partial charge is 0.196 e. The maximum atomic E-state index is 6.18. The van der Waals surface area contributed by atoms with Gasteiger partial charge in [-0.05, 0) is 36.4 Å². The van der Waals surface area contributed by atoms with Gasteiger partial charge in [0.25, 0.3) is 0 Å². The summed E-state index contributed by atoms with van der Waals surface area (Å²) in [6, 6.07) is 26.6. The Kier molecular flexibility index (Phi) is 2.35. The highest BCUT2D eigenvalue weighted by molar-refractivity contribution is 6.20. The third kappa shape index (κ3) is 1.59. The largest absolute Gasteiger partial charge is 0.450 e. The van der Waals surface area contributed by atoms with Crippen molar-refractivity contribution < 1.29 is 8.83 Å². The molecule has 3 aromatic carbocycles. The molecule has 0 spiro atoms. The van der Waals surface area contributed by atoms with Crippen LogP contribution in [0.1, 0.15) is 0 Å². The van der Waals surface area contributed by atoms with Crippen LogP contribution in [0.5, 0.6) is 0 Å². The molecule has 6 rings (SSSR count). The van der Waals surface area contributed by atoms with Gasteiger partial charge in [-0.1, -0.05) is 42.5 Å². The van der Waals surface area contributed by atoms with Crippen LogP contribution in [0.2, 0.25) is 0 Å². The van der Waals surface area contributed by atoms with Crippen LogP contribution in [0.4, 0.5) is 0 Å². The molecule has 0 aliphatic rings. The summed E-state index contributed by atoms with van der Waals surface area (Å²) in [6.07, 6.45) is 0. The van der Waals surface area contributed by atoms with E-state index >= 15 is 0 Å². The second-order valence-corrected chi connectivity index (χ2v) is 6.22. The Hall–Kier alpha value is -3.46. The van der Waals surface area contributed by atoms with E-state index < -0.39 is 0 Å². The van der Waals surface area contributed by atoms with Crippen LogP contribution in [0.15, 0.2) is 87.7 Å². The Balaban J connectivity index is 1.95. The molecule has 0 fully saturated rings. The highest BCUT2D eigenvalue weighted by atomic mass is 16.4. The fraction of sp³-hybridized carbons (Fsp3) is 0. The third-order valence-electron chi connectivity index (χ3n) is 4.81. The SMILES string of the molecule is c1ccc(-n2c3c4ccccc4oc3c3oc4ccccc4c32)cc1. The minimum absolute atomic E-state index is 0.802. The van der Waals surface area contributed by atoms with Gasteiger partial charge < -0.3 is 13.4 Å². The summed E-state index contributed by atoms with van der Waals surface area (Å²) in [5.41, 5.74) is 6.56. The van der Waals surface area contributed by atoms with E-state index in [2.05, 4.69) is 41.0 Å². The van der Waals surface area contributed by atoms with Gasteiger partial charge in [0.05, 0.1) is 0 Å². The zero-order valence-corrected chi connectivity index (χ0v) is 13.3. The molecule has 0 unspecified atom stereocenters. The number of hydrogen-bond acceptors (Lipinski definition) is 2. The highest BCUT2D eigenvalue weighted by Gasteiger charge is 2.24. The van der Waals surface area contributed by atoms with Crippen molar-refractivity contribution in [3.05, 3.63) is 78.9 Å². The minimum Gasteiger partial charge on any atom is -0.450 e. The lowest BCUT2D eigenvalue weighted by Gasteiger charge is -2.06. The molecule has 0 N–H and O–H groups in total. The number of hydrogen-bond donors (Lipinski definition) is 0. The first-order valence-corrected chi connectivity index (χ1v) is 8.30. The van der Waals surface area contributed by atoms with E-state index in [0.29, 0.717) is 0 Å². The lowest BCUT2D eigenvalue weighted by molar-refractivity contribution is 0.634. The van der Waals surface area contributed by atoms with Crippen LogP contribution in [0.3, 0.4) is 0 Å². The maximum absolute atomic E-state index is 6.18. The monoisotopic (exact) mass is 323 g/mol. The number of nitrogens with zero attached hydrogens (tertiary/aromatic N) is 1. The van der Waals surface area contributed by atoms with Gasteiger partial charge in [-0.25, -0.2) is 0 Å². The number of benzene rings is 3. The van der Waals surface area contributed by atoms with Crippen molar-refractivity contribution in [1.82, 2.24) is 4.57 Å². The number of furan rings is 2. The van der Waals surface area contributed by atoms with E-state index in [9.17, 15) is 0 Å². The van der Waals surface area contributed by atoms with Crippen molar-refractivity contribution in [3.8, 4) is 5.69 Å². The minimum atomic E-state index is 0.802. The lowest BCUT2D eigenvalue weighted by atomic mass is 10.2. The van der Waals surface area contributed by atoms with E-state index in [0.717, 1.165) is 49.8 Å². The Morgan fingerprint density at radius 2 is 1.00 bits per heavy atom. The highest BCUT2D eigenvalue weighted by Crippen LogP contribution is 2.42. The van der Waals surface area contributed by atoms with Crippen LogP contribution < -0.4 is 0 Å². The maximum Gasteiger partial charge on any atom is 0.196 e. The standard InChI is InChI=1S/C22H13NO2/c1-2-8-14(9-3-1)23-19-15-10-4-6-12-17(15)24-21(19)22-20(23)16-11-5-7-13-18(16)25-22/h1-13H. The summed E-state index contributed by atoms with van der Waals surface area (Å²) in [4.78, 5) is 0. The Morgan fingerprint density at radius 3 is 1.56 bits per heavy atom. The molecule has 6 aromatic rings. The summed E-state index contributed by atoms with van der Waals surface area (Å²) < 4.78 is 14.6. The molecule has 25 heavy (non-hydrogen) atoms. The lowest BCUT2D eigenvalue weighted by Crippen LogP contribution is -1.92. The van der Waals surface area contributed by atoms with Crippen molar-refractivity contribution in [2.45, 2.75) is 0 Å². The molecular formula is C22H13NO2. The zero-order chi connectivity index (χ0) is 16.4. The summed E-state index contributed by atoms with van der Waals surface area (Å²) in [7, 11) is 0. The van der Waals surface area contributed by atoms with Gasteiger partial charge >= 0.3 is 0 Å². The fourth-order valence-electron chi connectivity index (χ4n) is 3.76. The normalized spacial score (nSPS) is 12.0. The number of fused-ring (bicyclic) bond motifs is 7. The summed E-state index contributed by atoms with van der Waals surface area (Å²) in [6.45, 7) is 0. The Bertz CT molecular complexity index is 1300. The number of para-hydroxylation sites is 3. The molecule has 3 aromatic heterocycles. The molecule has 3 heteroatoms. The van der Waals surface area contributed by atoms with Crippen LogP contribution in [-0.2, 0) is 0 Å². The van der Waals surface area contributed by atoms with E-state index in [1.165, 1.54) is 0 Å². The van der Waals surface area contributed by atoms with Gasteiger partial charge in [-0.15, -0.1) is 0 Å². The van der Waals surface area contributed by atoms with Crippen LogP contribution in [-0.4, -0.2) is 4.57 Å². The predicted molar refractivity (Wildman–Crippen MR) is 100 cm³/mol. The van der Waals surface area contributed by atoms with Gasteiger partial charge in [-0.3, -0.25) is 0 Å². The molecule has 0 aliphatic carbocycles. The van der Waals surface area contributed by atoms with E-state index in [1.54, 1.807) is 0 Å². The molecule has 0 atom stereocenters. The molecule has 3 heterocycles. The first-order chi connectivity index (χ1) is 12.4. The van der Waals surface area contributed by atoms with Crippen LogP contribution in [0, 0.1) is 0 Å². The van der Waals surface area contributed by atoms with Gasteiger partial charge in [0.2, 0.25) is 0 Å². The molecule has 0 saturated carbocycles. The first kappa shape index (κ1) is 12.9. The third-order valence-corrected chi connectivity index (χ3v) is 4.81. The van der Waals surface area contributed by atoms with Crippen molar-refractivity contribution in [1.29, 1.82) is 0 Å². The van der Waals surface area contributed by atoms with Crippen LogP contribution in [0.25, 0.3) is 49.8 Å². The molecule has 0 saturated heterocycles. The second-order valence-electron chi connectivity index (χ2n) is 6.22.